The molecule has 1 aliphatic heterocycles. The first-order valence-corrected chi connectivity index (χ1v) is 7.57. The Balaban J connectivity index is 2.20. The lowest BCUT2D eigenvalue weighted by molar-refractivity contribution is -0.135. The monoisotopic (exact) mass is 323 g/mol. The largest absolute Gasteiger partial charge is 0.493 e. The number of benzene rings is 1. The fourth-order valence-corrected chi connectivity index (χ4v) is 3.08. The number of methoxy groups -OCH3 is 3. The zero-order valence-electron chi connectivity index (χ0n) is 12.6. The Morgan fingerprint density at radius 2 is 1.86 bits per heavy atom. The maximum atomic E-state index is 12.3. The first kappa shape index (κ1) is 16.2. The van der Waals surface area contributed by atoms with Gasteiger partial charge in [-0.1, -0.05) is 0 Å². The second kappa shape index (κ2) is 7.22. The number of amides is 1. The van der Waals surface area contributed by atoms with Crippen LogP contribution < -0.4 is 14.8 Å². The van der Waals surface area contributed by atoms with Gasteiger partial charge < -0.3 is 19.5 Å². The minimum Gasteiger partial charge on any atom is -0.493 e. The summed E-state index contributed by atoms with van der Waals surface area (Å²) in [4.78, 5) is 24.4. The Morgan fingerprint density at radius 3 is 2.50 bits per heavy atom. The third kappa shape index (κ3) is 3.36. The Hall–Kier alpha value is -2.15. The summed E-state index contributed by atoms with van der Waals surface area (Å²) in [6.07, 6.45) is 0.619. The van der Waals surface area contributed by atoms with Gasteiger partial charge in [-0.2, -0.15) is 0 Å². The van der Waals surface area contributed by atoms with E-state index < -0.39 is 5.97 Å². The topological polar surface area (TPSA) is 73.9 Å². The van der Waals surface area contributed by atoms with Gasteiger partial charge in [0.2, 0.25) is 0 Å². The Morgan fingerprint density at radius 1 is 1.14 bits per heavy atom. The molecule has 1 heterocycles. The molecule has 1 amide bonds. The molecule has 0 aromatic heterocycles. The molecule has 0 unspecified atom stereocenters. The molecule has 2 rings (SSSR count). The number of hydrogen-bond acceptors (Lipinski definition) is 6. The molecule has 1 aromatic carbocycles. The van der Waals surface area contributed by atoms with Crippen LogP contribution in [0.4, 0.5) is 0 Å². The van der Waals surface area contributed by atoms with E-state index in [1.165, 1.54) is 33.1 Å². The van der Waals surface area contributed by atoms with Crippen molar-refractivity contribution < 1.29 is 23.8 Å². The van der Waals surface area contributed by atoms with E-state index in [-0.39, 0.29) is 5.91 Å². The van der Waals surface area contributed by atoms with Crippen LogP contribution in [0.2, 0.25) is 0 Å². The predicted molar refractivity (Wildman–Crippen MR) is 83.1 cm³/mol. The summed E-state index contributed by atoms with van der Waals surface area (Å²) in [5.74, 6) is 1.03. The van der Waals surface area contributed by atoms with Gasteiger partial charge in [-0.05, 0) is 24.6 Å². The molecule has 0 saturated heterocycles. The van der Waals surface area contributed by atoms with Gasteiger partial charge in [-0.25, -0.2) is 4.79 Å². The summed E-state index contributed by atoms with van der Waals surface area (Å²) in [5, 5.41) is 2.77. The molecule has 0 fully saturated rings. The molecular weight excluding hydrogens is 306 g/mol. The van der Waals surface area contributed by atoms with Gasteiger partial charge in [0.25, 0.3) is 5.91 Å². The Bertz CT molecular complexity index is 626. The first-order valence-electron chi connectivity index (χ1n) is 6.58. The van der Waals surface area contributed by atoms with Gasteiger partial charge in [-0.3, -0.25) is 4.79 Å². The number of carbonyl (C=O) groups excluding carboxylic acids is 2. The van der Waals surface area contributed by atoms with Crippen LogP contribution in [0.5, 0.6) is 11.5 Å². The van der Waals surface area contributed by atoms with E-state index in [9.17, 15) is 9.59 Å². The van der Waals surface area contributed by atoms with Crippen molar-refractivity contribution in [3.05, 3.63) is 34.4 Å². The summed E-state index contributed by atoms with van der Waals surface area (Å²) < 4.78 is 15.0. The van der Waals surface area contributed by atoms with Crippen LogP contribution >= 0.6 is 11.8 Å². The summed E-state index contributed by atoms with van der Waals surface area (Å²) >= 11 is 1.38. The maximum Gasteiger partial charge on any atom is 0.346 e. The fraction of sp³-hybridized carbons (Fsp3) is 0.333. The smallest absolute Gasteiger partial charge is 0.346 e. The molecular formula is C15H17NO5S. The highest BCUT2D eigenvalue weighted by molar-refractivity contribution is 8.04. The van der Waals surface area contributed by atoms with E-state index >= 15 is 0 Å². The van der Waals surface area contributed by atoms with Crippen molar-refractivity contribution in [2.75, 3.05) is 27.1 Å². The SMILES string of the molecule is COC(=O)C1=C(NC(=O)c2ccc(OC)c(OC)c2)CCS1. The van der Waals surface area contributed by atoms with Crippen LogP contribution in [-0.2, 0) is 9.53 Å². The van der Waals surface area contributed by atoms with Crippen LogP contribution in [0.25, 0.3) is 0 Å². The normalized spacial score (nSPS) is 13.8. The molecule has 0 atom stereocenters. The second-order valence-corrected chi connectivity index (χ2v) is 5.53. The number of carbonyl (C=O) groups is 2. The lowest BCUT2D eigenvalue weighted by Gasteiger charge is -2.11. The van der Waals surface area contributed by atoms with Gasteiger partial charge >= 0.3 is 5.97 Å². The quantitative estimate of drug-likeness (QED) is 0.835. The lowest BCUT2D eigenvalue weighted by Crippen LogP contribution is -2.24. The molecule has 0 bridgehead atoms. The van der Waals surface area contributed by atoms with Gasteiger partial charge in [0.05, 0.1) is 21.3 Å². The molecule has 0 saturated carbocycles. The zero-order chi connectivity index (χ0) is 16.1. The molecule has 1 aliphatic rings. The number of rotatable bonds is 5. The van der Waals surface area contributed by atoms with E-state index in [1.807, 2.05) is 0 Å². The minimum absolute atomic E-state index is 0.306. The molecule has 7 heteroatoms. The summed E-state index contributed by atoms with van der Waals surface area (Å²) in [6, 6.07) is 4.89. The molecule has 1 N–H and O–H groups in total. The number of allylic oxidation sites excluding steroid dienone is 1. The van der Waals surface area contributed by atoms with Gasteiger partial charge in [0.1, 0.15) is 4.91 Å². The van der Waals surface area contributed by atoms with Gasteiger partial charge in [0, 0.05) is 17.0 Å². The van der Waals surface area contributed by atoms with E-state index in [0.29, 0.717) is 34.1 Å². The highest BCUT2D eigenvalue weighted by Gasteiger charge is 2.24. The van der Waals surface area contributed by atoms with Crippen molar-refractivity contribution in [1.82, 2.24) is 5.32 Å². The Labute approximate surface area is 132 Å². The average Bonchev–Trinajstić information content (AvgIpc) is 3.01. The Kier molecular flexibility index (Phi) is 5.32. The first-order chi connectivity index (χ1) is 10.6. The minimum atomic E-state index is -0.426. The molecule has 0 aliphatic carbocycles. The maximum absolute atomic E-state index is 12.3. The van der Waals surface area contributed by atoms with Crippen molar-refractivity contribution in [2.24, 2.45) is 0 Å². The predicted octanol–water partition coefficient (Wildman–Crippen LogP) is 1.96. The average molecular weight is 323 g/mol. The summed E-state index contributed by atoms with van der Waals surface area (Å²) in [7, 11) is 4.35. The van der Waals surface area contributed by atoms with Crippen molar-refractivity contribution in [2.45, 2.75) is 6.42 Å². The van der Waals surface area contributed by atoms with Crippen LogP contribution in [-0.4, -0.2) is 39.0 Å². The van der Waals surface area contributed by atoms with E-state index in [0.717, 1.165) is 5.75 Å². The van der Waals surface area contributed by atoms with Crippen LogP contribution in [0.1, 0.15) is 16.8 Å². The third-order valence-electron chi connectivity index (χ3n) is 3.15. The molecule has 22 heavy (non-hydrogen) atoms. The van der Waals surface area contributed by atoms with Gasteiger partial charge in [0.15, 0.2) is 11.5 Å². The number of esters is 1. The van der Waals surface area contributed by atoms with E-state index in [1.54, 1.807) is 18.2 Å². The number of ether oxygens (including phenoxy) is 3. The number of nitrogens with one attached hydrogen (secondary N) is 1. The fourth-order valence-electron chi connectivity index (χ4n) is 2.04. The van der Waals surface area contributed by atoms with Crippen LogP contribution in [0.15, 0.2) is 28.8 Å². The number of thioether (sulfide) groups is 1. The van der Waals surface area contributed by atoms with Crippen LogP contribution in [0, 0.1) is 0 Å². The highest BCUT2D eigenvalue weighted by Crippen LogP contribution is 2.31. The van der Waals surface area contributed by atoms with Crippen molar-refractivity contribution in [1.29, 1.82) is 0 Å². The van der Waals surface area contributed by atoms with Crippen molar-refractivity contribution in [3.63, 3.8) is 0 Å². The molecule has 6 nitrogen and oxygen atoms in total. The molecule has 0 spiro atoms. The summed E-state index contributed by atoms with van der Waals surface area (Å²) in [6.45, 7) is 0. The standard InChI is InChI=1S/C15H17NO5S/c1-19-11-5-4-9(8-12(11)20-2)14(17)16-10-6-7-22-13(10)15(18)21-3/h4-5,8H,6-7H2,1-3H3,(H,16,17). The van der Waals surface area contributed by atoms with Crippen LogP contribution in [0.3, 0.4) is 0 Å². The number of hydrogen-bond donors (Lipinski definition) is 1. The lowest BCUT2D eigenvalue weighted by atomic mass is 10.1. The molecule has 1 aromatic rings. The van der Waals surface area contributed by atoms with Crippen molar-refractivity contribution >= 4 is 23.6 Å². The zero-order valence-corrected chi connectivity index (χ0v) is 13.4. The van der Waals surface area contributed by atoms with Gasteiger partial charge in [-0.15, -0.1) is 11.8 Å². The van der Waals surface area contributed by atoms with Crippen molar-refractivity contribution in [3.8, 4) is 11.5 Å². The van der Waals surface area contributed by atoms with E-state index in [4.69, 9.17) is 14.2 Å². The molecule has 0 radical (unpaired) electrons. The summed E-state index contributed by atoms with van der Waals surface area (Å²) in [5.41, 5.74) is 1.02. The molecule has 118 valence electrons. The second-order valence-electron chi connectivity index (χ2n) is 4.42. The third-order valence-corrected chi connectivity index (χ3v) is 4.26. The van der Waals surface area contributed by atoms with E-state index in [2.05, 4.69) is 5.32 Å². The highest BCUT2D eigenvalue weighted by atomic mass is 32.2.